The van der Waals surface area contributed by atoms with E-state index in [2.05, 4.69) is 76.3 Å². The summed E-state index contributed by atoms with van der Waals surface area (Å²) in [6.45, 7) is 12.3. The van der Waals surface area contributed by atoms with Gasteiger partial charge >= 0.3 is 0 Å². The lowest BCUT2D eigenvalue weighted by atomic mass is 10.2. The second-order valence-corrected chi connectivity index (χ2v) is 9.78. The van der Waals surface area contributed by atoms with E-state index in [1.165, 1.54) is 15.3 Å². The molecule has 4 nitrogen and oxygen atoms in total. The first-order valence-electron chi connectivity index (χ1n) is 9.44. The van der Waals surface area contributed by atoms with E-state index in [0.717, 1.165) is 32.7 Å². The van der Waals surface area contributed by atoms with Gasteiger partial charge in [0.2, 0.25) is 0 Å². The highest BCUT2D eigenvalue weighted by Gasteiger charge is 2.35. The van der Waals surface area contributed by atoms with Gasteiger partial charge in [-0.05, 0) is 118 Å². The van der Waals surface area contributed by atoms with E-state index >= 15 is 0 Å². The summed E-state index contributed by atoms with van der Waals surface area (Å²) in [5.74, 6) is 0.0402. The van der Waals surface area contributed by atoms with Crippen LogP contribution >= 0.6 is 34.4 Å². The van der Waals surface area contributed by atoms with Crippen molar-refractivity contribution in [2.45, 2.75) is 53.6 Å². The molecule has 1 aliphatic heterocycles. The molecule has 2 aromatic rings. The molecular weight excluding hydrogens is 481 g/mol. The maximum absolute atomic E-state index is 13.0. The van der Waals surface area contributed by atoms with Crippen molar-refractivity contribution in [3.63, 3.8) is 0 Å². The molecule has 1 aliphatic rings. The molecule has 0 aliphatic carbocycles. The van der Waals surface area contributed by atoms with Gasteiger partial charge in [-0.1, -0.05) is 0 Å². The molecule has 0 unspecified atom stereocenters. The molecule has 0 spiro atoms. The Bertz CT molecular complexity index is 955. The third-order valence-corrected chi connectivity index (χ3v) is 6.28. The summed E-state index contributed by atoms with van der Waals surface area (Å²) in [5.41, 5.74) is 4.49. The van der Waals surface area contributed by atoms with Gasteiger partial charge in [-0.25, -0.2) is 0 Å². The highest BCUT2D eigenvalue weighted by atomic mass is 127. The number of benzene rings is 1. The quantitative estimate of drug-likeness (QED) is 0.388. The molecule has 1 amide bonds. The molecule has 28 heavy (non-hydrogen) atoms. The maximum Gasteiger partial charge on any atom is 0.266 e. The third-order valence-electron chi connectivity index (χ3n) is 4.56. The first-order chi connectivity index (χ1) is 13.2. The summed E-state index contributed by atoms with van der Waals surface area (Å²) in [6, 6.07) is 10.9. The van der Waals surface area contributed by atoms with E-state index in [-0.39, 0.29) is 18.0 Å². The van der Waals surface area contributed by atoms with Crippen molar-refractivity contribution in [2.75, 3.05) is 0 Å². The number of carbonyl (C=O) groups excluding carboxylic acids is 1. The standard InChI is InChI=1S/C22H26IN3OS/c1-13(2)24-22-25(14(3)4)21(27)20(28-22)12-17-11-15(5)26(16(17)6)19-9-7-18(23)8-10-19/h7-14H,1-6H3/b20-12-,24-22?. The Morgan fingerprint density at radius 3 is 2.32 bits per heavy atom. The number of carbonyl (C=O) groups is 1. The van der Waals surface area contributed by atoms with Crippen LogP contribution in [0.15, 0.2) is 40.2 Å². The smallest absolute Gasteiger partial charge is 0.266 e. The van der Waals surface area contributed by atoms with Crippen LogP contribution in [0.5, 0.6) is 0 Å². The van der Waals surface area contributed by atoms with Gasteiger partial charge in [-0.3, -0.25) is 14.7 Å². The number of amides is 1. The third kappa shape index (κ3) is 4.22. The molecule has 1 saturated heterocycles. The maximum atomic E-state index is 13.0. The van der Waals surface area contributed by atoms with Gasteiger partial charge in [0, 0.05) is 32.7 Å². The molecule has 0 atom stereocenters. The summed E-state index contributed by atoms with van der Waals surface area (Å²) >= 11 is 3.79. The molecule has 0 bridgehead atoms. The van der Waals surface area contributed by atoms with Crippen molar-refractivity contribution < 1.29 is 4.79 Å². The lowest BCUT2D eigenvalue weighted by molar-refractivity contribution is -0.123. The van der Waals surface area contributed by atoms with Gasteiger partial charge in [0.1, 0.15) is 0 Å². The zero-order chi connectivity index (χ0) is 20.6. The minimum atomic E-state index is 0.0402. The van der Waals surface area contributed by atoms with Gasteiger partial charge < -0.3 is 4.57 Å². The first-order valence-corrected chi connectivity index (χ1v) is 11.3. The van der Waals surface area contributed by atoms with Crippen LogP contribution in [0.25, 0.3) is 11.8 Å². The molecule has 0 saturated carbocycles. The fraction of sp³-hybridized carbons (Fsp3) is 0.364. The van der Waals surface area contributed by atoms with E-state index in [1.807, 2.05) is 33.8 Å². The molecule has 6 heteroatoms. The van der Waals surface area contributed by atoms with Gasteiger partial charge in [0.05, 0.1) is 4.91 Å². The Balaban J connectivity index is 2.01. The van der Waals surface area contributed by atoms with E-state index in [1.54, 1.807) is 4.90 Å². The molecule has 148 valence electrons. The van der Waals surface area contributed by atoms with Crippen LogP contribution < -0.4 is 0 Å². The average Bonchev–Trinajstić information content (AvgIpc) is 3.05. The number of aliphatic imine (C=N–C) groups is 1. The fourth-order valence-corrected chi connectivity index (χ4v) is 4.90. The molecular formula is C22H26IN3OS. The lowest BCUT2D eigenvalue weighted by Gasteiger charge is -2.20. The summed E-state index contributed by atoms with van der Waals surface area (Å²) in [4.78, 5) is 20.2. The highest BCUT2D eigenvalue weighted by molar-refractivity contribution is 14.1. The van der Waals surface area contributed by atoms with Crippen molar-refractivity contribution >= 4 is 51.5 Å². The van der Waals surface area contributed by atoms with Crippen LogP contribution in [-0.2, 0) is 4.79 Å². The zero-order valence-corrected chi connectivity index (χ0v) is 20.1. The van der Waals surface area contributed by atoms with Crippen molar-refractivity contribution in [3.8, 4) is 5.69 Å². The van der Waals surface area contributed by atoms with Gasteiger partial charge in [-0.15, -0.1) is 0 Å². The number of rotatable bonds is 4. The van der Waals surface area contributed by atoms with Crippen LogP contribution in [0.4, 0.5) is 0 Å². The van der Waals surface area contributed by atoms with Crippen LogP contribution in [0.1, 0.15) is 44.6 Å². The van der Waals surface area contributed by atoms with E-state index in [0.29, 0.717) is 0 Å². The molecule has 1 aromatic heterocycles. The first kappa shape index (κ1) is 21.2. The zero-order valence-electron chi connectivity index (χ0n) is 17.2. The molecule has 1 aromatic carbocycles. The number of aromatic nitrogens is 1. The number of hydrogen-bond acceptors (Lipinski definition) is 3. The van der Waals surface area contributed by atoms with Crippen LogP contribution in [0, 0.1) is 17.4 Å². The SMILES string of the molecule is Cc1cc(/C=C2\SC(=NC(C)C)N(C(C)C)C2=O)c(C)n1-c1ccc(I)cc1. The normalized spacial score (nSPS) is 17.8. The Morgan fingerprint density at radius 1 is 1.11 bits per heavy atom. The largest absolute Gasteiger partial charge is 0.318 e. The number of amidine groups is 1. The molecule has 0 N–H and O–H groups in total. The van der Waals surface area contributed by atoms with Crippen molar-refractivity contribution in [1.82, 2.24) is 9.47 Å². The minimum Gasteiger partial charge on any atom is -0.318 e. The van der Waals surface area contributed by atoms with Gasteiger partial charge in [0.25, 0.3) is 5.91 Å². The van der Waals surface area contributed by atoms with Crippen LogP contribution in [0.3, 0.4) is 0 Å². The summed E-state index contributed by atoms with van der Waals surface area (Å²) in [5, 5.41) is 0.799. The fourth-order valence-electron chi connectivity index (χ4n) is 3.32. The van der Waals surface area contributed by atoms with Gasteiger partial charge in [0.15, 0.2) is 5.17 Å². The Hall–Kier alpha value is -1.54. The number of hydrogen-bond donors (Lipinski definition) is 0. The average molecular weight is 507 g/mol. The Morgan fingerprint density at radius 2 is 1.75 bits per heavy atom. The number of aryl methyl sites for hydroxylation is 1. The highest BCUT2D eigenvalue weighted by Crippen LogP contribution is 2.35. The van der Waals surface area contributed by atoms with Gasteiger partial charge in [-0.2, -0.15) is 0 Å². The number of halogens is 1. The molecule has 2 heterocycles. The predicted octanol–water partition coefficient (Wildman–Crippen LogP) is 5.79. The van der Waals surface area contributed by atoms with Crippen molar-refractivity contribution in [1.29, 1.82) is 0 Å². The van der Waals surface area contributed by atoms with E-state index in [4.69, 9.17) is 0 Å². The predicted molar refractivity (Wildman–Crippen MR) is 128 cm³/mol. The Labute approximate surface area is 185 Å². The van der Waals surface area contributed by atoms with E-state index in [9.17, 15) is 4.79 Å². The topological polar surface area (TPSA) is 37.6 Å². The van der Waals surface area contributed by atoms with Crippen LogP contribution in [-0.4, -0.2) is 32.6 Å². The summed E-state index contributed by atoms with van der Waals surface area (Å²) in [6.07, 6.45) is 2.01. The van der Waals surface area contributed by atoms with Crippen molar-refractivity contribution in [2.24, 2.45) is 4.99 Å². The monoisotopic (exact) mass is 507 g/mol. The second-order valence-electron chi connectivity index (χ2n) is 7.52. The Kier molecular flexibility index (Phi) is 6.39. The molecule has 1 fully saturated rings. The van der Waals surface area contributed by atoms with E-state index < -0.39 is 0 Å². The number of nitrogens with zero attached hydrogens (tertiary/aromatic N) is 3. The van der Waals surface area contributed by atoms with Crippen LogP contribution in [0.2, 0.25) is 0 Å². The number of thioether (sulfide) groups is 1. The molecule has 3 rings (SSSR count). The minimum absolute atomic E-state index is 0.0402. The summed E-state index contributed by atoms with van der Waals surface area (Å²) < 4.78 is 3.44. The van der Waals surface area contributed by atoms with Crippen molar-refractivity contribution in [3.05, 3.63) is 55.8 Å². The summed E-state index contributed by atoms with van der Waals surface area (Å²) in [7, 11) is 0. The second kappa shape index (κ2) is 8.45. The molecule has 0 radical (unpaired) electrons. The lowest BCUT2D eigenvalue weighted by Crippen LogP contribution is -2.35.